The number of hydrogen-bond acceptors (Lipinski definition) is 2. The van der Waals surface area contributed by atoms with Crippen molar-refractivity contribution in [1.29, 1.82) is 0 Å². The Hall–Kier alpha value is -0.620. The lowest BCUT2D eigenvalue weighted by Crippen LogP contribution is -2.41. The molecule has 0 saturated heterocycles. The van der Waals surface area contributed by atoms with Gasteiger partial charge in [-0.1, -0.05) is 6.07 Å². The fourth-order valence-corrected chi connectivity index (χ4v) is 2.21. The number of benzene rings is 1. The third kappa shape index (κ3) is 1.90. The summed E-state index contributed by atoms with van der Waals surface area (Å²) in [6.07, 6.45) is 0.585. The highest BCUT2D eigenvalue weighted by Gasteiger charge is 2.23. The fourth-order valence-electron chi connectivity index (χ4n) is 1.66. The van der Waals surface area contributed by atoms with E-state index >= 15 is 0 Å². The minimum Gasteiger partial charge on any atom is -0.480 e. The smallest absolute Gasteiger partial charge is 0.321 e. The molecular weight excluding hydrogens is 293 g/mol. The molecule has 1 aromatic carbocycles. The van der Waals surface area contributed by atoms with Gasteiger partial charge in [0.25, 0.3) is 0 Å². The number of halogens is 1. The van der Waals surface area contributed by atoms with E-state index in [2.05, 4.69) is 40.0 Å². The van der Waals surface area contributed by atoms with Crippen LogP contribution >= 0.6 is 22.6 Å². The largest absolute Gasteiger partial charge is 0.480 e. The predicted molar refractivity (Wildman–Crippen MR) is 61.1 cm³/mol. The van der Waals surface area contributed by atoms with Crippen LogP contribution < -0.4 is 5.32 Å². The van der Waals surface area contributed by atoms with Crippen molar-refractivity contribution in [3.8, 4) is 0 Å². The van der Waals surface area contributed by atoms with Crippen molar-refractivity contribution in [2.45, 2.75) is 19.0 Å². The molecule has 74 valence electrons. The van der Waals surface area contributed by atoms with Gasteiger partial charge in [-0.25, -0.2) is 0 Å². The summed E-state index contributed by atoms with van der Waals surface area (Å²) in [7, 11) is 0. The van der Waals surface area contributed by atoms with Gasteiger partial charge in [-0.05, 0) is 52.3 Å². The number of carboxylic acids is 1. The van der Waals surface area contributed by atoms with Crippen molar-refractivity contribution in [1.82, 2.24) is 5.32 Å². The van der Waals surface area contributed by atoms with E-state index in [-0.39, 0.29) is 0 Å². The van der Waals surface area contributed by atoms with Gasteiger partial charge < -0.3 is 10.4 Å². The second kappa shape index (κ2) is 3.86. The lowest BCUT2D eigenvalue weighted by molar-refractivity contribution is -0.139. The first-order valence-electron chi connectivity index (χ1n) is 4.40. The van der Waals surface area contributed by atoms with Crippen molar-refractivity contribution in [3.63, 3.8) is 0 Å². The summed E-state index contributed by atoms with van der Waals surface area (Å²) in [4.78, 5) is 10.8. The van der Waals surface area contributed by atoms with E-state index in [1.165, 1.54) is 5.56 Å². The molecule has 1 atom stereocenters. The Balaban J connectivity index is 2.29. The molecule has 0 saturated carbocycles. The Morgan fingerprint density at radius 2 is 2.29 bits per heavy atom. The third-order valence-corrected chi connectivity index (χ3v) is 3.10. The van der Waals surface area contributed by atoms with E-state index in [1.807, 2.05) is 6.07 Å². The molecule has 0 fully saturated rings. The zero-order valence-electron chi connectivity index (χ0n) is 7.46. The van der Waals surface area contributed by atoms with E-state index in [0.29, 0.717) is 13.0 Å². The summed E-state index contributed by atoms with van der Waals surface area (Å²) in [5.74, 6) is -0.769. The number of rotatable bonds is 1. The van der Waals surface area contributed by atoms with Gasteiger partial charge in [0.15, 0.2) is 0 Å². The topological polar surface area (TPSA) is 49.3 Å². The highest BCUT2D eigenvalue weighted by atomic mass is 127. The molecule has 2 rings (SSSR count). The Morgan fingerprint density at radius 1 is 1.50 bits per heavy atom. The summed E-state index contributed by atoms with van der Waals surface area (Å²) < 4.78 is 1.16. The van der Waals surface area contributed by atoms with Crippen LogP contribution in [0.1, 0.15) is 11.1 Å². The summed E-state index contributed by atoms with van der Waals surface area (Å²) >= 11 is 2.24. The molecule has 0 aliphatic carbocycles. The summed E-state index contributed by atoms with van der Waals surface area (Å²) in [5.41, 5.74) is 2.37. The Bertz CT molecular complexity index is 378. The van der Waals surface area contributed by atoms with Crippen molar-refractivity contribution in [3.05, 3.63) is 32.9 Å². The standard InChI is InChI=1S/C10H10INO2/c11-8-2-1-6-5-12-9(10(13)14)4-7(6)3-8/h1-3,9,12H,4-5H2,(H,13,14)/t9-/m1/s1. The first kappa shape index (κ1) is 9.92. The maximum atomic E-state index is 10.8. The van der Waals surface area contributed by atoms with Crippen LogP contribution in [0.25, 0.3) is 0 Å². The first-order valence-corrected chi connectivity index (χ1v) is 5.48. The van der Waals surface area contributed by atoms with Gasteiger partial charge in [-0.3, -0.25) is 4.79 Å². The van der Waals surface area contributed by atoms with Crippen molar-refractivity contribution < 1.29 is 9.90 Å². The van der Waals surface area contributed by atoms with Gasteiger partial charge in [-0.2, -0.15) is 0 Å². The predicted octanol–water partition coefficient (Wildman–Crippen LogP) is 1.39. The molecule has 1 heterocycles. The Labute approximate surface area is 95.7 Å². The summed E-state index contributed by atoms with van der Waals surface area (Å²) in [6, 6.07) is 5.73. The first-order chi connectivity index (χ1) is 6.66. The quantitative estimate of drug-likeness (QED) is 0.771. The molecule has 0 aromatic heterocycles. The Kier molecular flexibility index (Phi) is 2.73. The minimum absolute atomic E-state index is 0.430. The van der Waals surface area contributed by atoms with Gasteiger partial charge in [0.1, 0.15) is 6.04 Å². The summed E-state index contributed by atoms with van der Waals surface area (Å²) in [5, 5.41) is 11.9. The van der Waals surface area contributed by atoms with Crippen LogP contribution in [-0.4, -0.2) is 17.1 Å². The average Bonchev–Trinajstić information content (AvgIpc) is 2.16. The number of fused-ring (bicyclic) bond motifs is 1. The van der Waals surface area contributed by atoms with E-state index in [9.17, 15) is 4.79 Å². The van der Waals surface area contributed by atoms with Gasteiger partial charge in [0.05, 0.1) is 0 Å². The van der Waals surface area contributed by atoms with E-state index in [0.717, 1.165) is 9.13 Å². The van der Waals surface area contributed by atoms with Gasteiger partial charge >= 0.3 is 5.97 Å². The lowest BCUT2D eigenvalue weighted by Gasteiger charge is -2.23. The normalized spacial score (nSPS) is 20.2. The molecular formula is C10H10INO2. The molecule has 0 amide bonds. The number of carboxylic acid groups (broad SMARTS) is 1. The van der Waals surface area contributed by atoms with Gasteiger partial charge in [0.2, 0.25) is 0 Å². The van der Waals surface area contributed by atoms with Crippen LogP contribution in [0.2, 0.25) is 0 Å². The molecule has 0 spiro atoms. The van der Waals surface area contributed by atoms with E-state index < -0.39 is 12.0 Å². The molecule has 1 aliphatic rings. The van der Waals surface area contributed by atoms with Gasteiger partial charge in [-0.15, -0.1) is 0 Å². The number of nitrogens with one attached hydrogen (secondary N) is 1. The molecule has 3 nitrogen and oxygen atoms in total. The molecule has 0 bridgehead atoms. The fraction of sp³-hybridized carbons (Fsp3) is 0.300. The van der Waals surface area contributed by atoms with E-state index in [1.54, 1.807) is 0 Å². The van der Waals surface area contributed by atoms with Crippen LogP contribution in [0.3, 0.4) is 0 Å². The van der Waals surface area contributed by atoms with Crippen molar-refractivity contribution >= 4 is 28.6 Å². The maximum absolute atomic E-state index is 10.8. The zero-order valence-corrected chi connectivity index (χ0v) is 9.61. The van der Waals surface area contributed by atoms with E-state index in [4.69, 9.17) is 5.11 Å². The Morgan fingerprint density at radius 3 is 3.00 bits per heavy atom. The molecule has 2 N–H and O–H groups in total. The minimum atomic E-state index is -0.769. The number of hydrogen-bond donors (Lipinski definition) is 2. The second-order valence-corrected chi connectivity index (χ2v) is 4.63. The van der Waals surface area contributed by atoms with Crippen LogP contribution in [0.15, 0.2) is 18.2 Å². The molecule has 4 heteroatoms. The second-order valence-electron chi connectivity index (χ2n) is 3.39. The third-order valence-electron chi connectivity index (χ3n) is 2.43. The monoisotopic (exact) mass is 303 g/mol. The van der Waals surface area contributed by atoms with Crippen LogP contribution in [-0.2, 0) is 17.8 Å². The maximum Gasteiger partial charge on any atom is 0.321 e. The molecule has 0 radical (unpaired) electrons. The van der Waals surface area contributed by atoms with Gasteiger partial charge in [0, 0.05) is 10.1 Å². The van der Waals surface area contributed by atoms with Crippen molar-refractivity contribution in [2.75, 3.05) is 0 Å². The average molecular weight is 303 g/mol. The number of aliphatic carboxylic acids is 1. The zero-order chi connectivity index (χ0) is 10.1. The van der Waals surface area contributed by atoms with Crippen LogP contribution in [0.4, 0.5) is 0 Å². The highest BCUT2D eigenvalue weighted by Crippen LogP contribution is 2.19. The SMILES string of the molecule is O=C(O)[C@H]1Cc2cc(I)ccc2CN1. The highest BCUT2D eigenvalue weighted by molar-refractivity contribution is 14.1. The van der Waals surface area contributed by atoms with Crippen LogP contribution in [0.5, 0.6) is 0 Å². The van der Waals surface area contributed by atoms with Crippen molar-refractivity contribution in [2.24, 2.45) is 0 Å². The molecule has 14 heavy (non-hydrogen) atoms. The molecule has 1 aromatic rings. The number of carbonyl (C=O) groups is 1. The summed E-state index contributed by atoms with van der Waals surface area (Å²) in [6.45, 7) is 0.656. The van der Waals surface area contributed by atoms with Crippen LogP contribution in [0, 0.1) is 3.57 Å². The lowest BCUT2D eigenvalue weighted by atomic mass is 9.96. The molecule has 0 unspecified atom stereocenters. The molecule has 1 aliphatic heterocycles.